The smallest absolute Gasteiger partial charge is 0.244 e. The van der Waals surface area contributed by atoms with E-state index < -0.39 is 28.5 Å². The highest BCUT2D eigenvalue weighted by Crippen LogP contribution is 2.28. The Hall–Kier alpha value is -2.00. The number of hydrogen-bond acceptors (Lipinski definition) is 4. The van der Waals surface area contributed by atoms with Gasteiger partial charge in [0.2, 0.25) is 21.8 Å². The summed E-state index contributed by atoms with van der Waals surface area (Å²) in [4.78, 5) is 28.6. The molecule has 0 bridgehead atoms. The molecule has 11 heteroatoms. The van der Waals surface area contributed by atoms with Gasteiger partial charge in [0, 0.05) is 27.7 Å². The van der Waals surface area contributed by atoms with Gasteiger partial charge in [-0.15, -0.1) is 0 Å². The molecule has 2 aromatic rings. The normalized spacial score (nSPS) is 14.9. The van der Waals surface area contributed by atoms with Gasteiger partial charge in [0.15, 0.2) is 0 Å². The molecule has 3 rings (SSSR count). The van der Waals surface area contributed by atoms with E-state index in [0.29, 0.717) is 38.3 Å². The minimum Gasteiger partial charge on any atom is -0.352 e. The molecule has 37 heavy (non-hydrogen) atoms. The predicted molar refractivity (Wildman–Crippen MR) is 150 cm³/mol. The Labute approximate surface area is 234 Å². The van der Waals surface area contributed by atoms with Crippen molar-refractivity contribution in [2.75, 3.05) is 17.1 Å². The van der Waals surface area contributed by atoms with Crippen molar-refractivity contribution in [3.63, 3.8) is 0 Å². The second-order valence-electron chi connectivity index (χ2n) is 9.37. The maximum atomic E-state index is 13.8. The van der Waals surface area contributed by atoms with Crippen LogP contribution >= 0.6 is 34.8 Å². The van der Waals surface area contributed by atoms with Gasteiger partial charge in [-0.1, -0.05) is 66.7 Å². The largest absolute Gasteiger partial charge is 0.352 e. The van der Waals surface area contributed by atoms with Gasteiger partial charge in [-0.05, 0) is 61.6 Å². The molecular formula is C26H32Cl3N3O4S. The van der Waals surface area contributed by atoms with Gasteiger partial charge in [-0.3, -0.25) is 13.9 Å². The van der Waals surface area contributed by atoms with E-state index in [2.05, 4.69) is 5.32 Å². The van der Waals surface area contributed by atoms with E-state index in [1.165, 1.54) is 11.0 Å². The molecule has 1 N–H and O–H groups in total. The highest BCUT2D eigenvalue weighted by molar-refractivity contribution is 7.92. The lowest BCUT2D eigenvalue weighted by Crippen LogP contribution is -2.53. The third-order valence-corrected chi connectivity index (χ3v) is 8.51. The summed E-state index contributed by atoms with van der Waals surface area (Å²) >= 11 is 18.6. The molecule has 2 amide bonds. The minimum absolute atomic E-state index is 0.0115. The number of carbonyl (C=O) groups excluding carboxylic acids is 2. The van der Waals surface area contributed by atoms with Crippen LogP contribution in [0.3, 0.4) is 0 Å². The molecule has 2 aromatic carbocycles. The summed E-state index contributed by atoms with van der Waals surface area (Å²) in [5, 5.41) is 4.20. The number of hydrogen-bond donors (Lipinski definition) is 1. The molecule has 1 unspecified atom stereocenters. The van der Waals surface area contributed by atoms with Crippen LogP contribution in [-0.2, 0) is 26.2 Å². The average Bonchev–Trinajstić information content (AvgIpc) is 3.32. The van der Waals surface area contributed by atoms with E-state index in [4.69, 9.17) is 34.8 Å². The topological polar surface area (TPSA) is 86.8 Å². The number of rotatable bonds is 10. The van der Waals surface area contributed by atoms with Crippen molar-refractivity contribution in [1.82, 2.24) is 10.2 Å². The Morgan fingerprint density at radius 3 is 2.27 bits per heavy atom. The highest BCUT2D eigenvalue weighted by atomic mass is 35.5. The molecule has 1 saturated carbocycles. The number of aryl methyl sites for hydroxylation is 1. The van der Waals surface area contributed by atoms with Crippen LogP contribution in [0.15, 0.2) is 36.4 Å². The molecule has 0 aliphatic heterocycles. The lowest BCUT2D eigenvalue weighted by atomic mass is 10.1. The first kappa shape index (κ1) is 29.6. The Morgan fingerprint density at radius 1 is 1.05 bits per heavy atom. The van der Waals surface area contributed by atoms with Crippen LogP contribution in [0.4, 0.5) is 5.69 Å². The Morgan fingerprint density at radius 2 is 1.68 bits per heavy atom. The Bertz CT molecular complexity index is 1250. The van der Waals surface area contributed by atoms with Gasteiger partial charge in [-0.25, -0.2) is 8.42 Å². The van der Waals surface area contributed by atoms with E-state index in [1.807, 2.05) is 6.92 Å². The molecule has 0 saturated heterocycles. The van der Waals surface area contributed by atoms with Crippen LogP contribution in [0.25, 0.3) is 0 Å². The van der Waals surface area contributed by atoms with E-state index in [1.54, 1.807) is 37.3 Å². The summed E-state index contributed by atoms with van der Waals surface area (Å²) in [5.74, 6) is -0.804. The van der Waals surface area contributed by atoms with Gasteiger partial charge in [0.05, 0.1) is 11.9 Å². The zero-order valence-corrected chi connectivity index (χ0v) is 24.2. The SMILES string of the molecule is CCC(C(=O)NC1CCCC1)N(Cc1ccc(Cl)cc1Cl)C(=O)CN(c1cc(Cl)ccc1C)S(C)(=O)=O. The molecule has 0 heterocycles. The first-order valence-electron chi connectivity index (χ1n) is 12.2. The Balaban J connectivity index is 1.98. The third-order valence-electron chi connectivity index (χ3n) is 6.56. The maximum Gasteiger partial charge on any atom is 0.244 e. The second-order valence-corrected chi connectivity index (χ2v) is 12.6. The molecular weight excluding hydrogens is 557 g/mol. The highest BCUT2D eigenvalue weighted by Gasteiger charge is 2.33. The minimum atomic E-state index is -3.86. The number of benzene rings is 2. The zero-order valence-electron chi connectivity index (χ0n) is 21.1. The average molecular weight is 589 g/mol. The zero-order chi connectivity index (χ0) is 27.3. The van der Waals surface area contributed by atoms with Crippen LogP contribution in [0.5, 0.6) is 0 Å². The number of amides is 2. The predicted octanol–water partition coefficient (Wildman–Crippen LogP) is 5.59. The van der Waals surface area contributed by atoms with Gasteiger partial charge in [0.25, 0.3) is 0 Å². The van der Waals surface area contributed by atoms with E-state index in [0.717, 1.165) is 36.2 Å². The van der Waals surface area contributed by atoms with Crippen molar-refractivity contribution in [3.8, 4) is 0 Å². The van der Waals surface area contributed by atoms with Crippen LogP contribution in [0, 0.1) is 6.92 Å². The van der Waals surface area contributed by atoms with Crippen LogP contribution in [0.2, 0.25) is 15.1 Å². The number of carbonyl (C=O) groups is 2. The number of anilines is 1. The van der Waals surface area contributed by atoms with E-state index >= 15 is 0 Å². The monoisotopic (exact) mass is 587 g/mol. The first-order chi connectivity index (χ1) is 17.4. The summed E-state index contributed by atoms with van der Waals surface area (Å²) in [6, 6.07) is 9.02. The fourth-order valence-corrected chi connectivity index (χ4v) is 6.10. The molecule has 1 aliphatic carbocycles. The van der Waals surface area contributed by atoms with Gasteiger partial charge < -0.3 is 10.2 Å². The third kappa shape index (κ3) is 7.76. The molecule has 0 spiro atoms. The summed E-state index contributed by atoms with van der Waals surface area (Å²) in [7, 11) is -3.86. The quantitative estimate of drug-likeness (QED) is 0.392. The fraction of sp³-hybridized carbons (Fsp3) is 0.462. The van der Waals surface area contributed by atoms with Crippen molar-refractivity contribution < 1.29 is 18.0 Å². The lowest BCUT2D eigenvalue weighted by Gasteiger charge is -2.34. The van der Waals surface area contributed by atoms with Crippen LogP contribution in [0.1, 0.15) is 50.2 Å². The Kier molecular flexibility index (Phi) is 10.1. The second kappa shape index (κ2) is 12.7. The van der Waals surface area contributed by atoms with Crippen molar-refractivity contribution in [3.05, 3.63) is 62.6 Å². The summed E-state index contributed by atoms with van der Waals surface area (Å²) in [6.45, 7) is 3.07. The van der Waals surface area contributed by atoms with Crippen molar-refractivity contribution >= 4 is 62.3 Å². The van der Waals surface area contributed by atoms with Crippen LogP contribution in [-0.4, -0.2) is 50.0 Å². The molecule has 0 radical (unpaired) electrons. The maximum absolute atomic E-state index is 13.8. The van der Waals surface area contributed by atoms with Gasteiger partial charge in [0.1, 0.15) is 12.6 Å². The van der Waals surface area contributed by atoms with Crippen LogP contribution < -0.4 is 9.62 Å². The fourth-order valence-electron chi connectivity index (χ4n) is 4.57. The lowest BCUT2D eigenvalue weighted by molar-refractivity contribution is -0.140. The molecule has 202 valence electrons. The molecule has 1 aliphatic rings. The summed E-state index contributed by atoms with van der Waals surface area (Å²) in [6.07, 6.45) is 5.26. The van der Waals surface area contributed by atoms with Crippen molar-refractivity contribution in [2.24, 2.45) is 0 Å². The molecule has 0 aromatic heterocycles. The molecule has 7 nitrogen and oxygen atoms in total. The first-order valence-corrected chi connectivity index (χ1v) is 15.2. The standard InChI is InChI=1S/C26H32Cl3N3O4S/c1-4-23(26(34)30-21-7-5-6-8-21)31(15-18-10-12-19(27)13-22(18)29)25(33)16-32(37(3,35)36)24-14-20(28)11-9-17(24)2/h9-14,21,23H,4-8,15-16H2,1-3H3,(H,30,34). The van der Waals surface area contributed by atoms with Crippen molar-refractivity contribution in [1.29, 1.82) is 0 Å². The van der Waals surface area contributed by atoms with E-state index in [9.17, 15) is 18.0 Å². The molecule has 1 fully saturated rings. The number of halogens is 3. The molecule has 1 atom stereocenters. The van der Waals surface area contributed by atoms with E-state index in [-0.39, 0.29) is 18.5 Å². The van der Waals surface area contributed by atoms with Gasteiger partial charge >= 0.3 is 0 Å². The number of sulfonamides is 1. The number of nitrogens with one attached hydrogen (secondary N) is 1. The number of nitrogens with zero attached hydrogens (tertiary/aromatic N) is 2. The van der Waals surface area contributed by atoms with Gasteiger partial charge in [-0.2, -0.15) is 0 Å². The summed E-state index contributed by atoms with van der Waals surface area (Å²) in [5.41, 5.74) is 1.54. The summed E-state index contributed by atoms with van der Waals surface area (Å²) < 4.78 is 26.6. The van der Waals surface area contributed by atoms with Crippen molar-refractivity contribution in [2.45, 2.75) is 64.6 Å².